The molecule has 3 heterocycles. The van der Waals surface area contributed by atoms with Crippen molar-refractivity contribution in [1.29, 1.82) is 0 Å². The number of hydrogen-bond donors (Lipinski definition) is 1. The van der Waals surface area contributed by atoms with E-state index in [-0.39, 0.29) is 12.1 Å². The highest BCUT2D eigenvalue weighted by atomic mass is 16.5. The molecule has 0 saturated carbocycles. The molecule has 1 aliphatic heterocycles. The quantitative estimate of drug-likeness (QED) is 0.878. The van der Waals surface area contributed by atoms with Crippen LogP contribution in [0.3, 0.4) is 0 Å². The van der Waals surface area contributed by atoms with Gasteiger partial charge in [0.05, 0.1) is 25.5 Å². The van der Waals surface area contributed by atoms with E-state index in [0.29, 0.717) is 5.88 Å². The second-order valence-electron chi connectivity index (χ2n) is 5.26. The van der Waals surface area contributed by atoms with Crippen molar-refractivity contribution in [3.05, 3.63) is 30.4 Å². The number of anilines is 1. The number of aryl methyl sites for hydroxylation is 1. The smallest absolute Gasteiger partial charge is 0.218 e. The van der Waals surface area contributed by atoms with Crippen LogP contribution in [0.25, 0.3) is 0 Å². The Hall–Kier alpha value is -2.15. The van der Waals surface area contributed by atoms with Crippen LogP contribution in [0.4, 0.5) is 5.82 Å². The zero-order chi connectivity index (χ0) is 14.8. The van der Waals surface area contributed by atoms with Gasteiger partial charge >= 0.3 is 0 Å². The second-order valence-corrected chi connectivity index (χ2v) is 5.26. The summed E-state index contributed by atoms with van der Waals surface area (Å²) < 4.78 is 6.92. The Morgan fingerprint density at radius 2 is 2.29 bits per heavy atom. The van der Waals surface area contributed by atoms with Crippen LogP contribution < -0.4 is 9.64 Å². The van der Waals surface area contributed by atoms with Gasteiger partial charge in [-0.05, 0) is 18.4 Å². The van der Waals surface area contributed by atoms with Crippen molar-refractivity contribution < 1.29 is 9.84 Å². The maximum absolute atomic E-state index is 10.3. The van der Waals surface area contributed by atoms with Crippen molar-refractivity contribution >= 4 is 5.82 Å². The lowest BCUT2D eigenvalue weighted by Gasteiger charge is -2.27. The Morgan fingerprint density at radius 3 is 3.00 bits per heavy atom. The summed E-state index contributed by atoms with van der Waals surface area (Å²) in [7, 11) is 3.47. The van der Waals surface area contributed by atoms with Crippen LogP contribution in [-0.4, -0.2) is 50.7 Å². The second kappa shape index (κ2) is 5.69. The lowest BCUT2D eigenvalue weighted by molar-refractivity contribution is 0.164. The Bertz CT molecular complexity index is 615. The predicted octanol–water partition coefficient (Wildman–Crippen LogP) is 0.401. The maximum atomic E-state index is 10.3. The summed E-state index contributed by atoms with van der Waals surface area (Å²) in [6, 6.07) is 1.79. The number of rotatable bonds is 4. The summed E-state index contributed by atoms with van der Waals surface area (Å²) in [5.74, 6) is 1.31. The fourth-order valence-electron chi connectivity index (χ4n) is 2.79. The molecule has 0 aromatic carbocycles. The summed E-state index contributed by atoms with van der Waals surface area (Å²) >= 11 is 0. The summed E-state index contributed by atoms with van der Waals surface area (Å²) in [6.07, 6.45) is 6.40. The molecule has 0 unspecified atom stereocenters. The molecule has 1 saturated heterocycles. The normalized spacial score (nSPS) is 21.8. The van der Waals surface area contributed by atoms with E-state index < -0.39 is 0 Å². The molecule has 3 rings (SSSR count). The van der Waals surface area contributed by atoms with Crippen molar-refractivity contribution in [2.24, 2.45) is 7.05 Å². The van der Waals surface area contributed by atoms with Crippen molar-refractivity contribution in [2.75, 3.05) is 18.6 Å². The summed E-state index contributed by atoms with van der Waals surface area (Å²) in [6.45, 7) is 0.770. The van der Waals surface area contributed by atoms with Crippen LogP contribution in [0.2, 0.25) is 0 Å². The number of aliphatic hydroxyl groups is 1. The lowest BCUT2D eigenvalue weighted by atomic mass is 10.0. The van der Waals surface area contributed by atoms with E-state index in [2.05, 4.69) is 20.0 Å². The van der Waals surface area contributed by atoms with Crippen LogP contribution in [0.1, 0.15) is 12.0 Å². The highest BCUT2D eigenvalue weighted by molar-refractivity contribution is 5.44. The van der Waals surface area contributed by atoms with Crippen LogP contribution in [-0.2, 0) is 13.5 Å². The van der Waals surface area contributed by atoms with Gasteiger partial charge in [0, 0.05) is 25.9 Å². The molecule has 112 valence electrons. The first-order valence-electron chi connectivity index (χ1n) is 6.95. The standard InChI is InChI=1S/C14H19N5O2/c1-18-8-10(7-17-18)5-11-12(20)3-4-19(11)13-6-14(21-2)16-9-15-13/h6-9,11-12,20H,3-5H2,1-2H3/t11-,12-/m0/s1. The highest BCUT2D eigenvalue weighted by Crippen LogP contribution is 2.27. The molecule has 0 radical (unpaired) electrons. The largest absolute Gasteiger partial charge is 0.481 e. The first-order chi connectivity index (χ1) is 10.2. The van der Waals surface area contributed by atoms with E-state index in [1.54, 1.807) is 17.9 Å². The number of aliphatic hydroxyl groups excluding tert-OH is 1. The van der Waals surface area contributed by atoms with Gasteiger partial charge in [-0.25, -0.2) is 9.97 Å². The van der Waals surface area contributed by atoms with E-state index in [9.17, 15) is 5.11 Å². The predicted molar refractivity (Wildman–Crippen MR) is 77.3 cm³/mol. The van der Waals surface area contributed by atoms with Gasteiger partial charge in [-0.15, -0.1) is 0 Å². The van der Waals surface area contributed by atoms with Crippen LogP contribution in [0.15, 0.2) is 24.8 Å². The maximum Gasteiger partial charge on any atom is 0.218 e. The molecule has 0 amide bonds. The fraction of sp³-hybridized carbons (Fsp3) is 0.500. The van der Waals surface area contributed by atoms with E-state index in [0.717, 1.165) is 30.8 Å². The zero-order valence-electron chi connectivity index (χ0n) is 12.2. The minimum absolute atomic E-state index is 0.00574. The first-order valence-corrected chi connectivity index (χ1v) is 6.95. The molecule has 2 aromatic rings. The highest BCUT2D eigenvalue weighted by Gasteiger charge is 2.34. The van der Waals surface area contributed by atoms with Crippen LogP contribution >= 0.6 is 0 Å². The molecule has 7 heteroatoms. The Labute approximate surface area is 123 Å². The van der Waals surface area contributed by atoms with Gasteiger partial charge in [-0.3, -0.25) is 4.68 Å². The van der Waals surface area contributed by atoms with Gasteiger partial charge in [0.15, 0.2) is 0 Å². The SMILES string of the molecule is COc1cc(N2CC[C@H](O)[C@@H]2Cc2cnn(C)c2)ncn1. The number of hydrogen-bond acceptors (Lipinski definition) is 6. The molecule has 21 heavy (non-hydrogen) atoms. The summed E-state index contributed by atoms with van der Waals surface area (Å²) in [5.41, 5.74) is 1.11. The third-order valence-corrected chi connectivity index (χ3v) is 3.84. The zero-order valence-corrected chi connectivity index (χ0v) is 12.2. The molecule has 2 atom stereocenters. The molecule has 0 bridgehead atoms. The third kappa shape index (κ3) is 2.82. The lowest BCUT2D eigenvalue weighted by Crippen LogP contribution is -2.37. The van der Waals surface area contributed by atoms with Crippen molar-refractivity contribution in [3.63, 3.8) is 0 Å². The molecule has 2 aromatic heterocycles. The molecule has 0 spiro atoms. The van der Waals surface area contributed by atoms with E-state index in [1.165, 1.54) is 6.33 Å². The van der Waals surface area contributed by atoms with E-state index in [1.807, 2.05) is 19.4 Å². The Kier molecular flexibility index (Phi) is 3.74. The Balaban J connectivity index is 1.82. The minimum Gasteiger partial charge on any atom is -0.481 e. The van der Waals surface area contributed by atoms with Crippen LogP contribution in [0.5, 0.6) is 5.88 Å². The summed E-state index contributed by atoms with van der Waals surface area (Å²) in [4.78, 5) is 10.4. The molecular weight excluding hydrogens is 270 g/mol. The summed E-state index contributed by atoms with van der Waals surface area (Å²) in [5, 5.41) is 14.5. The van der Waals surface area contributed by atoms with Crippen molar-refractivity contribution in [2.45, 2.75) is 25.0 Å². The third-order valence-electron chi connectivity index (χ3n) is 3.84. The number of ether oxygens (including phenoxy) is 1. The Morgan fingerprint density at radius 1 is 1.43 bits per heavy atom. The molecule has 1 aliphatic rings. The number of aromatic nitrogens is 4. The molecule has 0 aliphatic carbocycles. The monoisotopic (exact) mass is 289 g/mol. The van der Waals surface area contributed by atoms with Gasteiger partial charge in [0.2, 0.25) is 5.88 Å². The molecular formula is C14H19N5O2. The number of methoxy groups -OCH3 is 1. The molecule has 1 fully saturated rings. The van der Waals surface area contributed by atoms with E-state index >= 15 is 0 Å². The fourth-order valence-corrected chi connectivity index (χ4v) is 2.79. The molecule has 1 N–H and O–H groups in total. The topological polar surface area (TPSA) is 76.3 Å². The average molecular weight is 289 g/mol. The first kappa shape index (κ1) is 13.8. The number of nitrogens with zero attached hydrogens (tertiary/aromatic N) is 5. The van der Waals surface area contributed by atoms with Gasteiger partial charge in [-0.2, -0.15) is 5.10 Å². The van der Waals surface area contributed by atoms with Gasteiger partial charge < -0.3 is 14.7 Å². The average Bonchev–Trinajstić information content (AvgIpc) is 3.06. The minimum atomic E-state index is -0.369. The van der Waals surface area contributed by atoms with Crippen LogP contribution in [0, 0.1) is 0 Å². The molecule has 7 nitrogen and oxygen atoms in total. The van der Waals surface area contributed by atoms with Gasteiger partial charge in [0.1, 0.15) is 12.1 Å². The van der Waals surface area contributed by atoms with Gasteiger partial charge in [-0.1, -0.05) is 0 Å². The van der Waals surface area contributed by atoms with Crippen molar-refractivity contribution in [3.8, 4) is 5.88 Å². The van der Waals surface area contributed by atoms with Gasteiger partial charge in [0.25, 0.3) is 0 Å². The van der Waals surface area contributed by atoms with Crippen molar-refractivity contribution in [1.82, 2.24) is 19.7 Å². The van der Waals surface area contributed by atoms with E-state index in [4.69, 9.17) is 4.74 Å².